The Morgan fingerprint density at radius 3 is 3.14 bits per heavy atom. The molecule has 0 spiro atoms. The van der Waals surface area contributed by atoms with Crippen molar-refractivity contribution in [3.8, 4) is 0 Å². The standard InChI is InChI=1S/C9H15N3OS/c1-6-11-9(14-12-6)8-4-7(5-13)2-3-10-8/h7-8,10,13H,2-5H2,1H3. The van der Waals surface area contributed by atoms with Gasteiger partial charge >= 0.3 is 0 Å². The average molecular weight is 213 g/mol. The number of aryl methyl sites for hydroxylation is 1. The van der Waals surface area contributed by atoms with E-state index in [2.05, 4.69) is 14.7 Å². The lowest BCUT2D eigenvalue weighted by Gasteiger charge is -2.27. The van der Waals surface area contributed by atoms with Crippen LogP contribution in [-0.2, 0) is 0 Å². The summed E-state index contributed by atoms with van der Waals surface area (Å²) in [6.45, 7) is 3.16. The van der Waals surface area contributed by atoms with Crippen LogP contribution in [0.15, 0.2) is 0 Å². The highest BCUT2D eigenvalue weighted by Crippen LogP contribution is 2.27. The second-order valence-corrected chi connectivity index (χ2v) is 4.54. The van der Waals surface area contributed by atoms with Crippen LogP contribution in [0.2, 0.25) is 0 Å². The first kappa shape index (κ1) is 10.0. The quantitative estimate of drug-likeness (QED) is 0.765. The molecule has 0 aromatic carbocycles. The van der Waals surface area contributed by atoms with Crippen LogP contribution in [0, 0.1) is 12.8 Å². The largest absolute Gasteiger partial charge is 0.396 e. The number of hydrogen-bond donors (Lipinski definition) is 2. The van der Waals surface area contributed by atoms with E-state index >= 15 is 0 Å². The smallest absolute Gasteiger partial charge is 0.139 e. The van der Waals surface area contributed by atoms with E-state index in [9.17, 15) is 0 Å². The topological polar surface area (TPSA) is 58.0 Å². The third kappa shape index (κ3) is 2.10. The lowest BCUT2D eigenvalue weighted by atomic mass is 9.93. The Labute approximate surface area is 87.5 Å². The van der Waals surface area contributed by atoms with Gasteiger partial charge in [-0.15, -0.1) is 0 Å². The van der Waals surface area contributed by atoms with Crippen LogP contribution in [0.5, 0.6) is 0 Å². The third-order valence-corrected chi connectivity index (χ3v) is 3.53. The first-order valence-electron chi connectivity index (χ1n) is 4.94. The predicted molar refractivity (Wildman–Crippen MR) is 55.2 cm³/mol. The Hall–Kier alpha value is -0.520. The van der Waals surface area contributed by atoms with Crippen molar-refractivity contribution in [2.24, 2.45) is 5.92 Å². The van der Waals surface area contributed by atoms with E-state index in [4.69, 9.17) is 5.11 Å². The first-order valence-corrected chi connectivity index (χ1v) is 5.71. The molecule has 0 bridgehead atoms. The van der Waals surface area contributed by atoms with Crippen molar-refractivity contribution in [1.29, 1.82) is 0 Å². The molecule has 0 saturated carbocycles. The molecule has 14 heavy (non-hydrogen) atoms. The Balaban J connectivity index is 2.04. The molecule has 2 atom stereocenters. The van der Waals surface area contributed by atoms with Crippen LogP contribution in [0.3, 0.4) is 0 Å². The summed E-state index contributed by atoms with van der Waals surface area (Å²) in [5.74, 6) is 1.27. The average Bonchev–Trinajstić information content (AvgIpc) is 2.65. The Morgan fingerprint density at radius 1 is 1.64 bits per heavy atom. The number of aromatic nitrogens is 2. The van der Waals surface area contributed by atoms with Crippen LogP contribution >= 0.6 is 11.5 Å². The summed E-state index contributed by atoms with van der Waals surface area (Å²) < 4.78 is 4.17. The number of nitrogens with zero attached hydrogens (tertiary/aromatic N) is 2. The van der Waals surface area contributed by atoms with Crippen molar-refractivity contribution >= 4 is 11.5 Å². The van der Waals surface area contributed by atoms with Gasteiger partial charge < -0.3 is 10.4 Å². The van der Waals surface area contributed by atoms with Gasteiger partial charge in [0.2, 0.25) is 0 Å². The number of nitrogens with one attached hydrogen (secondary N) is 1. The highest BCUT2D eigenvalue weighted by Gasteiger charge is 2.24. The molecule has 0 radical (unpaired) electrons. The van der Waals surface area contributed by atoms with Gasteiger partial charge in [0.05, 0.1) is 6.04 Å². The Bertz CT molecular complexity index is 302. The van der Waals surface area contributed by atoms with Crippen molar-refractivity contribution in [3.05, 3.63) is 10.8 Å². The van der Waals surface area contributed by atoms with Crippen LogP contribution < -0.4 is 5.32 Å². The highest BCUT2D eigenvalue weighted by atomic mass is 32.1. The monoisotopic (exact) mass is 213 g/mol. The molecule has 1 fully saturated rings. The summed E-state index contributed by atoms with van der Waals surface area (Å²) in [5.41, 5.74) is 0. The van der Waals surface area contributed by atoms with Crippen LogP contribution in [0.4, 0.5) is 0 Å². The van der Waals surface area contributed by atoms with Gasteiger partial charge in [-0.25, -0.2) is 4.98 Å². The molecule has 2 N–H and O–H groups in total. The van der Waals surface area contributed by atoms with E-state index in [0.29, 0.717) is 12.0 Å². The Morgan fingerprint density at radius 2 is 2.50 bits per heavy atom. The van der Waals surface area contributed by atoms with Gasteiger partial charge in [0.15, 0.2) is 0 Å². The van der Waals surface area contributed by atoms with Crippen molar-refractivity contribution in [3.63, 3.8) is 0 Å². The maximum Gasteiger partial charge on any atom is 0.139 e. The third-order valence-electron chi connectivity index (χ3n) is 2.61. The van der Waals surface area contributed by atoms with Crippen LogP contribution in [0.25, 0.3) is 0 Å². The molecule has 2 heterocycles. The fraction of sp³-hybridized carbons (Fsp3) is 0.778. The lowest BCUT2D eigenvalue weighted by Crippen LogP contribution is -2.33. The predicted octanol–water partition coefficient (Wildman–Crippen LogP) is 0.880. The van der Waals surface area contributed by atoms with Crippen molar-refractivity contribution < 1.29 is 5.11 Å². The van der Waals surface area contributed by atoms with Gasteiger partial charge in [0, 0.05) is 6.61 Å². The van der Waals surface area contributed by atoms with E-state index < -0.39 is 0 Å². The fourth-order valence-electron chi connectivity index (χ4n) is 1.80. The first-order chi connectivity index (χ1) is 6.79. The zero-order valence-electron chi connectivity index (χ0n) is 8.23. The Kier molecular flexibility index (Phi) is 3.10. The molecule has 0 aliphatic carbocycles. The van der Waals surface area contributed by atoms with Crippen LogP contribution in [-0.4, -0.2) is 27.6 Å². The molecular weight excluding hydrogens is 198 g/mol. The second-order valence-electron chi connectivity index (χ2n) is 3.76. The molecule has 1 saturated heterocycles. The van der Waals surface area contributed by atoms with Gasteiger partial charge in [-0.1, -0.05) is 0 Å². The molecule has 0 amide bonds. The number of aliphatic hydroxyl groups is 1. The zero-order valence-corrected chi connectivity index (χ0v) is 9.05. The van der Waals surface area contributed by atoms with E-state index in [1.165, 1.54) is 11.5 Å². The molecular formula is C9H15N3OS. The lowest BCUT2D eigenvalue weighted by molar-refractivity contribution is 0.176. The summed E-state index contributed by atoms with van der Waals surface area (Å²) >= 11 is 1.46. The summed E-state index contributed by atoms with van der Waals surface area (Å²) in [6.07, 6.45) is 2.04. The van der Waals surface area contributed by atoms with Gasteiger partial charge in [-0.2, -0.15) is 4.37 Å². The summed E-state index contributed by atoms with van der Waals surface area (Å²) in [7, 11) is 0. The molecule has 1 aromatic heterocycles. The van der Waals surface area contributed by atoms with Crippen molar-refractivity contribution in [2.75, 3.05) is 13.2 Å². The SMILES string of the molecule is Cc1nsc(C2CC(CO)CCN2)n1. The van der Waals surface area contributed by atoms with E-state index in [1.807, 2.05) is 6.92 Å². The molecule has 2 rings (SSSR count). The molecule has 5 heteroatoms. The molecule has 78 valence electrons. The number of aliphatic hydroxyl groups excluding tert-OH is 1. The summed E-state index contributed by atoms with van der Waals surface area (Å²) in [4.78, 5) is 4.37. The molecule has 1 aliphatic rings. The van der Waals surface area contributed by atoms with Crippen molar-refractivity contribution in [2.45, 2.75) is 25.8 Å². The molecule has 4 nitrogen and oxygen atoms in total. The van der Waals surface area contributed by atoms with E-state index in [-0.39, 0.29) is 6.61 Å². The highest BCUT2D eigenvalue weighted by molar-refractivity contribution is 7.05. The molecule has 1 aromatic rings. The number of piperidine rings is 1. The van der Waals surface area contributed by atoms with E-state index in [0.717, 1.165) is 30.2 Å². The number of rotatable bonds is 2. The van der Waals surface area contributed by atoms with Gasteiger partial charge in [-0.05, 0) is 43.8 Å². The minimum Gasteiger partial charge on any atom is -0.396 e. The zero-order chi connectivity index (χ0) is 9.97. The summed E-state index contributed by atoms with van der Waals surface area (Å²) in [5, 5.41) is 13.6. The minimum absolute atomic E-state index is 0.288. The van der Waals surface area contributed by atoms with E-state index in [1.54, 1.807) is 0 Å². The van der Waals surface area contributed by atoms with Gasteiger partial charge in [-0.3, -0.25) is 0 Å². The maximum absolute atomic E-state index is 9.10. The fourth-order valence-corrected chi connectivity index (χ4v) is 2.55. The molecule has 1 aliphatic heterocycles. The van der Waals surface area contributed by atoms with Crippen molar-refractivity contribution in [1.82, 2.24) is 14.7 Å². The normalized spacial score (nSPS) is 27.9. The van der Waals surface area contributed by atoms with Gasteiger partial charge in [0.1, 0.15) is 10.8 Å². The van der Waals surface area contributed by atoms with Crippen LogP contribution in [0.1, 0.15) is 29.7 Å². The number of hydrogen-bond acceptors (Lipinski definition) is 5. The minimum atomic E-state index is 0.288. The maximum atomic E-state index is 9.10. The second kappa shape index (κ2) is 4.33. The van der Waals surface area contributed by atoms with Gasteiger partial charge in [0.25, 0.3) is 0 Å². The summed E-state index contributed by atoms with van der Waals surface area (Å²) in [6, 6.07) is 0.298. The molecule has 2 unspecified atom stereocenters.